The van der Waals surface area contributed by atoms with Gasteiger partial charge >= 0.3 is 8.80 Å². The van der Waals surface area contributed by atoms with Gasteiger partial charge in [0.1, 0.15) is 5.78 Å². The molecular formula is C11H22O4Si2. The first-order valence-electron chi connectivity index (χ1n) is 5.83. The summed E-state index contributed by atoms with van der Waals surface area (Å²) in [7, 11) is 2.52. The first-order chi connectivity index (χ1) is 7.65. The van der Waals surface area contributed by atoms with Crippen LogP contribution in [0.25, 0.3) is 0 Å². The van der Waals surface area contributed by atoms with Crippen molar-refractivity contribution in [2.24, 2.45) is 5.92 Å². The Morgan fingerprint density at radius 3 is 2.00 bits per heavy atom. The first kappa shape index (κ1) is 17.0. The van der Waals surface area contributed by atoms with Crippen LogP contribution in [0.2, 0.25) is 6.04 Å². The van der Waals surface area contributed by atoms with Crippen molar-refractivity contribution in [3.05, 3.63) is 0 Å². The summed E-state index contributed by atoms with van der Waals surface area (Å²) in [4.78, 5) is 11.1. The highest BCUT2D eigenvalue weighted by Crippen LogP contribution is 2.28. The molecule has 0 spiro atoms. The maximum absolute atomic E-state index is 11.1. The predicted octanol–water partition coefficient (Wildman–Crippen LogP) is 1.63. The van der Waals surface area contributed by atoms with Crippen molar-refractivity contribution in [2.45, 2.75) is 38.1 Å². The molecule has 17 heavy (non-hydrogen) atoms. The smallest absolute Gasteiger partial charge is 0.377 e. The zero-order chi connectivity index (χ0) is 12.0. The third kappa shape index (κ3) is 5.01. The van der Waals surface area contributed by atoms with Crippen molar-refractivity contribution in [1.29, 1.82) is 0 Å². The van der Waals surface area contributed by atoms with Crippen LogP contribution in [0.1, 0.15) is 32.1 Å². The lowest BCUT2D eigenvalue weighted by Crippen LogP contribution is -2.43. The van der Waals surface area contributed by atoms with Crippen LogP contribution in [-0.2, 0) is 18.1 Å². The number of hydrogen-bond acceptors (Lipinski definition) is 4. The van der Waals surface area contributed by atoms with Crippen LogP contribution in [0.15, 0.2) is 0 Å². The maximum Gasteiger partial charge on any atom is 0.500 e. The van der Waals surface area contributed by atoms with Gasteiger partial charge in [-0.15, -0.1) is 0 Å². The predicted molar refractivity (Wildman–Crippen MR) is 68.9 cm³/mol. The number of hydrogen-bond donors (Lipinski definition) is 0. The third-order valence-corrected chi connectivity index (χ3v) is 6.22. The van der Waals surface area contributed by atoms with Crippen molar-refractivity contribution < 1.29 is 18.1 Å². The molecule has 0 aliphatic heterocycles. The summed E-state index contributed by atoms with van der Waals surface area (Å²) < 4.78 is 16.1. The summed E-state index contributed by atoms with van der Waals surface area (Å²) >= 11 is 0. The SMILES string of the molecule is CO[Si](CCC1CCC(=O)CC1)(OC)OC.[Si]. The summed E-state index contributed by atoms with van der Waals surface area (Å²) in [6.07, 6.45) is 4.55. The fraction of sp³-hybridized carbons (Fsp3) is 0.909. The summed E-state index contributed by atoms with van der Waals surface area (Å²) in [5.41, 5.74) is 0. The van der Waals surface area contributed by atoms with E-state index in [4.69, 9.17) is 13.3 Å². The summed E-state index contributed by atoms with van der Waals surface area (Å²) in [6.45, 7) is 0. The molecule has 0 amide bonds. The van der Waals surface area contributed by atoms with E-state index in [1.54, 1.807) is 21.3 Å². The highest BCUT2D eigenvalue weighted by molar-refractivity contribution is 6.60. The number of ketones is 1. The van der Waals surface area contributed by atoms with Crippen molar-refractivity contribution in [3.8, 4) is 0 Å². The Morgan fingerprint density at radius 1 is 1.12 bits per heavy atom. The molecule has 0 bridgehead atoms. The first-order valence-corrected chi connectivity index (χ1v) is 7.76. The zero-order valence-electron chi connectivity index (χ0n) is 11.0. The minimum Gasteiger partial charge on any atom is -0.377 e. The van der Waals surface area contributed by atoms with Crippen molar-refractivity contribution >= 4 is 25.6 Å². The van der Waals surface area contributed by atoms with Gasteiger partial charge in [0.2, 0.25) is 0 Å². The zero-order valence-corrected chi connectivity index (χ0v) is 13.0. The van der Waals surface area contributed by atoms with Crippen LogP contribution in [0.4, 0.5) is 0 Å². The van der Waals surface area contributed by atoms with Crippen molar-refractivity contribution in [3.63, 3.8) is 0 Å². The maximum atomic E-state index is 11.1. The Labute approximate surface area is 109 Å². The molecule has 0 saturated heterocycles. The number of Topliss-reactive ketones (excluding diaryl/α,β-unsaturated/α-hetero) is 1. The van der Waals surface area contributed by atoms with Crippen LogP contribution in [0, 0.1) is 5.92 Å². The molecule has 4 radical (unpaired) electrons. The van der Waals surface area contributed by atoms with E-state index in [2.05, 4.69) is 0 Å². The van der Waals surface area contributed by atoms with Crippen LogP contribution in [-0.4, -0.2) is 46.9 Å². The minimum absolute atomic E-state index is 0. The number of carbonyl (C=O) groups excluding carboxylic acids is 1. The van der Waals surface area contributed by atoms with Crippen LogP contribution in [0.5, 0.6) is 0 Å². The molecule has 0 unspecified atom stereocenters. The molecule has 1 aliphatic rings. The molecule has 0 aromatic heterocycles. The third-order valence-electron chi connectivity index (χ3n) is 3.45. The van der Waals surface area contributed by atoms with Crippen LogP contribution in [0.3, 0.4) is 0 Å². The van der Waals surface area contributed by atoms with Gasteiger partial charge in [0.25, 0.3) is 0 Å². The monoisotopic (exact) mass is 274 g/mol. The van der Waals surface area contributed by atoms with E-state index in [0.29, 0.717) is 11.7 Å². The normalized spacial score (nSPS) is 17.9. The molecule has 0 aromatic rings. The van der Waals surface area contributed by atoms with Gasteiger partial charge in [-0.05, 0) is 25.2 Å². The van der Waals surface area contributed by atoms with Gasteiger partial charge in [-0.25, -0.2) is 0 Å². The average Bonchev–Trinajstić information content (AvgIpc) is 2.34. The molecule has 0 heterocycles. The molecule has 6 heteroatoms. The van der Waals surface area contributed by atoms with Gasteiger partial charge in [0, 0.05) is 51.2 Å². The van der Waals surface area contributed by atoms with E-state index in [0.717, 1.165) is 38.1 Å². The second kappa shape index (κ2) is 8.15. The molecule has 98 valence electrons. The lowest BCUT2D eigenvalue weighted by atomic mass is 9.87. The van der Waals surface area contributed by atoms with Crippen molar-refractivity contribution in [1.82, 2.24) is 0 Å². The molecule has 1 fully saturated rings. The second-order valence-corrected chi connectivity index (χ2v) is 7.41. The number of carbonyl (C=O) groups is 1. The Balaban J connectivity index is 0.00000256. The van der Waals surface area contributed by atoms with E-state index >= 15 is 0 Å². The van der Waals surface area contributed by atoms with Crippen LogP contribution >= 0.6 is 0 Å². The standard InChI is InChI=1S/C11H22O4Si.Si/c1-13-16(14-2,15-3)9-8-10-4-6-11(12)7-5-10;/h10H,4-9H2,1-3H3;. The Kier molecular flexibility index (Phi) is 8.14. The van der Waals surface area contributed by atoms with E-state index in [1.165, 1.54) is 0 Å². The molecule has 0 N–H and O–H groups in total. The molecule has 1 aliphatic carbocycles. The van der Waals surface area contributed by atoms with Gasteiger partial charge in [-0.3, -0.25) is 4.79 Å². The second-order valence-electron chi connectivity index (χ2n) is 4.32. The highest BCUT2D eigenvalue weighted by Gasteiger charge is 2.38. The minimum atomic E-state index is -2.40. The fourth-order valence-electron chi connectivity index (χ4n) is 2.23. The van der Waals surface area contributed by atoms with Gasteiger partial charge in [0.15, 0.2) is 0 Å². The van der Waals surface area contributed by atoms with Gasteiger partial charge in [-0.2, -0.15) is 0 Å². The van der Waals surface area contributed by atoms with Crippen LogP contribution < -0.4 is 0 Å². The van der Waals surface area contributed by atoms with Crippen molar-refractivity contribution in [2.75, 3.05) is 21.3 Å². The Morgan fingerprint density at radius 2 is 1.59 bits per heavy atom. The molecule has 1 saturated carbocycles. The number of rotatable bonds is 6. The molecule has 0 aromatic carbocycles. The fourth-order valence-corrected chi connectivity index (χ4v) is 4.10. The highest BCUT2D eigenvalue weighted by atomic mass is 28.4. The van der Waals surface area contributed by atoms with E-state index in [1.807, 2.05) is 0 Å². The molecular weight excluding hydrogens is 252 g/mol. The molecule has 4 nitrogen and oxygen atoms in total. The summed E-state index contributed by atoms with van der Waals surface area (Å²) in [6, 6.07) is 0.843. The molecule has 0 atom stereocenters. The van der Waals surface area contributed by atoms with E-state index in [-0.39, 0.29) is 11.0 Å². The summed E-state index contributed by atoms with van der Waals surface area (Å²) in [5, 5.41) is 0. The molecule has 1 rings (SSSR count). The Hall–Kier alpha value is -0.0162. The quantitative estimate of drug-likeness (QED) is 0.691. The summed E-state index contributed by atoms with van der Waals surface area (Å²) in [5.74, 6) is 1.04. The lowest BCUT2D eigenvalue weighted by Gasteiger charge is -2.27. The Bertz CT molecular complexity index is 213. The largest absolute Gasteiger partial charge is 0.500 e. The van der Waals surface area contributed by atoms with Gasteiger partial charge in [0.05, 0.1) is 0 Å². The topological polar surface area (TPSA) is 44.8 Å². The lowest BCUT2D eigenvalue weighted by molar-refractivity contribution is -0.121. The van der Waals surface area contributed by atoms with Gasteiger partial charge < -0.3 is 13.3 Å². The van der Waals surface area contributed by atoms with E-state index in [9.17, 15) is 4.79 Å². The van der Waals surface area contributed by atoms with E-state index < -0.39 is 8.80 Å². The van der Waals surface area contributed by atoms with Gasteiger partial charge in [-0.1, -0.05) is 0 Å². The average molecular weight is 274 g/mol.